The maximum atomic E-state index is 5.84. The first-order chi connectivity index (χ1) is 8.65. The van der Waals surface area contributed by atoms with Crippen LogP contribution in [0.25, 0.3) is 17.7 Å². The van der Waals surface area contributed by atoms with Crippen LogP contribution < -0.4 is 0 Å². The van der Waals surface area contributed by atoms with Gasteiger partial charge in [-0.05, 0) is 35.7 Å². The molecule has 2 aromatic rings. The predicted octanol–water partition coefficient (Wildman–Crippen LogP) is 5.54. The van der Waals surface area contributed by atoms with Crippen molar-refractivity contribution < 1.29 is 0 Å². The van der Waals surface area contributed by atoms with Crippen molar-refractivity contribution in [3.05, 3.63) is 76.8 Å². The lowest BCUT2D eigenvalue weighted by Gasteiger charge is -2.00. The summed E-state index contributed by atoms with van der Waals surface area (Å²) in [4.78, 5) is 0. The topological polar surface area (TPSA) is 0 Å². The number of allylic oxidation sites excluding steroid dienone is 1. The maximum Gasteiger partial charge on any atom is 0.0406 e. The molecule has 0 aliphatic heterocycles. The Labute approximate surface area is 113 Å². The highest BCUT2D eigenvalue weighted by Gasteiger charge is 1.93. The molecule has 0 nitrogen and oxygen atoms in total. The smallest absolute Gasteiger partial charge is 0.0406 e. The summed E-state index contributed by atoms with van der Waals surface area (Å²) in [6.45, 7) is 5.94. The van der Waals surface area contributed by atoms with Gasteiger partial charge in [-0.15, -0.1) is 0 Å². The highest BCUT2D eigenvalue weighted by Crippen LogP contribution is 2.15. The van der Waals surface area contributed by atoms with Gasteiger partial charge in [-0.3, -0.25) is 0 Å². The van der Waals surface area contributed by atoms with E-state index in [2.05, 4.69) is 43.0 Å². The normalized spacial score (nSPS) is 10.8. The molecule has 0 atom stereocenters. The molecule has 0 saturated heterocycles. The Morgan fingerprint density at radius 1 is 0.889 bits per heavy atom. The molecule has 0 spiro atoms. The SMILES string of the molecule is C=C(C)c1ccc(/C=C/c2ccc(Cl)cc2)cc1. The highest BCUT2D eigenvalue weighted by molar-refractivity contribution is 6.30. The Morgan fingerprint density at radius 2 is 1.33 bits per heavy atom. The van der Waals surface area contributed by atoms with E-state index in [1.54, 1.807) is 0 Å². The molecule has 90 valence electrons. The summed E-state index contributed by atoms with van der Waals surface area (Å²) in [5.74, 6) is 0. The first kappa shape index (κ1) is 12.7. The maximum absolute atomic E-state index is 5.84. The van der Waals surface area contributed by atoms with Gasteiger partial charge < -0.3 is 0 Å². The molecule has 0 unspecified atom stereocenters. The second kappa shape index (κ2) is 5.70. The molecular weight excluding hydrogens is 240 g/mol. The molecule has 0 radical (unpaired) electrons. The van der Waals surface area contributed by atoms with E-state index >= 15 is 0 Å². The number of hydrogen-bond acceptors (Lipinski definition) is 0. The van der Waals surface area contributed by atoms with E-state index in [4.69, 9.17) is 11.6 Å². The summed E-state index contributed by atoms with van der Waals surface area (Å²) in [6, 6.07) is 16.2. The van der Waals surface area contributed by atoms with Gasteiger partial charge in [-0.2, -0.15) is 0 Å². The van der Waals surface area contributed by atoms with Gasteiger partial charge in [0.1, 0.15) is 0 Å². The predicted molar refractivity (Wildman–Crippen MR) is 81.5 cm³/mol. The van der Waals surface area contributed by atoms with Crippen LogP contribution in [0.1, 0.15) is 23.6 Å². The Hall–Kier alpha value is -1.79. The van der Waals surface area contributed by atoms with Crippen LogP contribution in [0.4, 0.5) is 0 Å². The molecule has 2 aromatic carbocycles. The lowest BCUT2D eigenvalue weighted by Crippen LogP contribution is -1.78. The molecule has 0 N–H and O–H groups in total. The second-order valence-corrected chi connectivity index (χ2v) is 4.72. The second-order valence-electron chi connectivity index (χ2n) is 4.29. The summed E-state index contributed by atoms with van der Waals surface area (Å²) < 4.78 is 0. The molecule has 0 saturated carbocycles. The van der Waals surface area contributed by atoms with Crippen molar-refractivity contribution in [1.29, 1.82) is 0 Å². The third-order valence-electron chi connectivity index (χ3n) is 2.74. The summed E-state index contributed by atoms with van der Waals surface area (Å²) in [7, 11) is 0. The molecule has 0 aliphatic rings. The van der Waals surface area contributed by atoms with Crippen LogP contribution in [0.2, 0.25) is 5.02 Å². The van der Waals surface area contributed by atoms with Crippen LogP contribution >= 0.6 is 11.6 Å². The van der Waals surface area contributed by atoms with Gasteiger partial charge in [-0.25, -0.2) is 0 Å². The first-order valence-electron chi connectivity index (χ1n) is 5.85. The van der Waals surface area contributed by atoms with Crippen molar-refractivity contribution in [3.63, 3.8) is 0 Å². The van der Waals surface area contributed by atoms with Crippen LogP contribution in [0.5, 0.6) is 0 Å². The Balaban J connectivity index is 2.13. The number of benzene rings is 2. The van der Waals surface area contributed by atoms with Crippen molar-refractivity contribution >= 4 is 29.3 Å². The first-order valence-corrected chi connectivity index (χ1v) is 6.22. The van der Waals surface area contributed by atoms with Crippen LogP contribution in [0, 0.1) is 0 Å². The molecule has 0 amide bonds. The summed E-state index contributed by atoms with van der Waals surface area (Å²) in [5.41, 5.74) is 4.58. The largest absolute Gasteiger partial charge is 0.0955 e. The van der Waals surface area contributed by atoms with Gasteiger partial charge in [-0.1, -0.05) is 72.3 Å². The molecule has 2 rings (SSSR count). The molecule has 0 aromatic heterocycles. The van der Waals surface area contributed by atoms with Gasteiger partial charge in [0.25, 0.3) is 0 Å². The summed E-state index contributed by atoms with van der Waals surface area (Å²) >= 11 is 5.84. The van der Waals surface area contributed by atoms with Crippen molar-refractivity contribution in [2.75, 3.05) is 0 Å². The Bertz CT molecular complexity index is 560. The number of hydrogen-bond donors (Lipinski definition) is 0. The van der Waals surface area contributed by atoms with Crippen LogP contribution in [-0.4, -0.2) is 0 Å². The van der Waals surface area contributed by atoms with Crippen LogP contribution in [-0.2, 0) is 0 Å². The van der Waals surface area contributed by atoms with Crippen molar-refractivity contribution in [3.8, 4) is 0 Å². The van der Waals surface area contributed by atoms with Crippen LogP contribution in [0.15, 0.2) is 55.1 Å². The van der Waals surface area contributed by atoms with E-state index < -0.39 is 0 Å². The van der Waals surface area contributed by atoms with E-state index in [-0.39, 0.29) is 0 Å². The quantitative estimate of drug-likeness (QED) is 0.631. The average Bonchev–Trinajstić information content (AvgIpc) is 2.38. The van der Waals surface area contributed by atoms with Gasteiger partial charge in [0, 0.05) is 5.02 Å². The molecule has 0 heterocycles. The Kier molecular flexibility index (Phi) is 4.01. The van der Waals surface area contributed by atoms with Gasteiger partial charge in [0.05, 0.1) is 0 Å². The van der Waals surface area contributed by atoms with Crippen molar-refractivity contribution in [1.82, 2.24) is 0 Å². The standard InChI is InChI=1S/C17H15Cl/c1-13(2)16-9-5-14(6-10-16)3-4-15-7-11-17(18)12-8-15/h3-12H,1H2,2H3/b4-3+. The van der Waals surface area contributed by atoms with Gasteiger partial charge >= 0.3 is 0 Å². The highest BCUT2D eigenvalue weighted by atomic mass is 35.5. The minimum atomic E-state index is 0.762. The summed E-state index contributed by atoms with van der Waals surface area (Å²) in [5, 5.41) is 0.762. The third kappa shape index (κ3) is 3.35. The fourth-order valence-electron chi connectivity index (χ4n) is 1.65. The fraction of sp³-hybridized carbons (Fsp3) is 0.0588. The number of rotatable bonds is 3. The van der Waals surface area contributed by atoms with Crippen LogP contribution in [0.3, 0.4) is 0 Å². The van der Waals surface area contributed by atoms with E-state index in [1.807, 2.05) is 31.2 Å². The zero-order chi connectivity index (χ0) is 13.0. The average molecular weight is 255 g/mol. The van der Waals surface area contributed by atoms with Gasteiger partial charge in [0.2, 0.25) is 0 Å². The minimum absolute atomic E-state index is 0.762. The zero-order valence-corrected chi connectivity index (χ0v) is 11.1. The molecule has 0 aliphatic carbocycles. The third-order valence-corrected chi connectivity index (χ3v) is 2.99. The zero-order valence-electron chi connectivity index (χ0n) is 10.4. The molecular formula is C17H15Cl. The molecule has 1 heteroatoms. The lowest BCUT2D eigenvalue weighted by atomic mass is 10.1. The lowest BCUT2D eigenvalue weighted by molar-refractivity contribution is 1.56. The van der Waals surface area contributed by atoms with Gasteiger partial charge in [0.15, 0.2) is 0 Å². The van der Waals surface area contributed by atoms with Crippen molar-refractivity contribution in [2.24, 2.45) is 0 Å². The monoisotopic (exact) mass is 254 g/mol. The van der Waals surface area contributed by atoms with E-state index in [9.17, 15) is 0 Å². The fourth-order valence-corrected chi connectivity index (χ4v) is 1.77. The number of halogens is 1. The molecule has 0 fully saturated rings. The molecule has 18 heavy (non-hydrogen) atoms. The Morgan fingerprint density at radius 3 is 1.78 bits per heavy atom. The minimum Gasteiger partial charge on any atom is -0.0955 e. The van der Waals surface area contributed by atoms with E-state index in [0.29, 0.717) is 0 Å². The molecule has 0 bridgehead atoms. The van der Waals surface area contributed by atoms with E-state index in [0.717, 1.165) is 16.2 Å². The van der Waals surface area contributed by atoms with Crippen molar-refractivity contribution in [2.45, 2.75) is 6.92 Å². The summed E-state index contributed by atoms with van der Waals surface area (Å²) in [6.07, 6.45) is 4.16. The van der Waals surface area contributed by atoms with E-state index in [1.165, 1.54) is 11.1 Å².